The van der Waals surface area contributed by atoms with E-state index in [4.69, 9.17) is 4.42 Å². The van der Waals surface area contributed by atoms with Crippen molar-refractivity contribution in [3.63, 3.8) is 0 Å². The van der Waals surface area contributed by atoms with Crippen LogP contribution in [0.2, 0.25) is 0 Å². The number of thiophene rings is 1. The summed E-state index contributed by atoms with van der Waals surface area (Å²) in [5, 5.41) is 17.1. The number of amides is 1. The SMILES string of the molecule is Cc1ccc(CN2CCC(O)(c3ccc4oc(C(=O)NCc5cccs5)cc4c3)CC2)cc1. The molecule has 1 fully saturated rings. The molecule has 0 atom stereocenters. The molecule has 4 aromatic rings. The highest BCUT2D eigenvalue weighted by Gasteiger charge is 2.34. The van der Waals surface area contributed by atoms with Crippen molar-refractivity contribution in [2.24, 2.45) is 0 Å². The van der Waals surface area contributed by atoms with Crippen LogP contribution in [0, 0.1) is 6.92 Å². The second-order valence-corrected chi connectivity index (χ2v) is 9.95. The third-order valence-corrected chi connectivity index (χ3v) is 7.37. The van der Waals surface area contributed by atoms with E-state index < -0.39 is 5.60 Å². The average molecular weight is 461 g/mol. The van der Waals surface area contributed by atoms with E-state index in [9.17, 15) is 9.90 Å². The van der Waals surface area contributed by atoms with E-state index in [0.717, 1.165) is 35.5 Å². The summed E-state index contributed by atoms with van der Waals surface area (Å²) < 4.78 is 5.77. The van der Waals surface area contributed by atoms with Gasteiger partial charge in [0.1, 0.15) is 5.58 Å². The lowest BCUT2D eigenvalue weighted by atomic mass is 9.84. The van der Waals surface area contributed by atoms with E-state index in [-0.39, 0.29) is 5.91 Å². The molecule has 0 spiro atoms. The maximum absolute atomic E-state index is 12.5. The molecule has 33 heavy (non-hydrogen) atoms. The second-order valence-electron chi connectivity index (χ2n) is 8.92. The molecule has 1 saturated heterocycles. The minimum Gasteiger partial charge on any atom is -0.451 e. The van der Waals surface area contributed by atoms with Crippen LogP contribution in [-0.4, -0.2) is 29.0 Å². The first-order chi connectivity index (χ1) is 16.0. The molecule has 6 heteroatoms. The second kappa shape index (κ2) is 9.14. The predicted octanol–water partition coefficient (Wildman–Crippen LogP) is 5.22. The van der Waals surface area contributed by atoms with Gasteiger partial charge in [-0.1, -0.05) is 42.0 Å². The minimum atomic E-state index is -0.864. The lowest BCUT2D eigenvalue weighted by Gasteiger charge is -2.38. The molecule has 2 aromatic carbocycles. The zero-order chi connectivity index (χ0) is 22.8. The van der Waals surface area contributed by atoms with Crippen LogP contribution in [0.4, 0.5) is 0 Å². The molecular formula is C27H28N2O3S. The van der Waals surface area contributed by atoms with Crippen molar-refractivity contribution >= 4 is 28.2 Å². The molecule has 0 radical (unpaired) electrons. The van der Waals surface area contributed by atoms with Gasteiger partial charge < -0.3 is 14.8 Å². The van der Waals surface area contributed by atoms with Crippen molar-refractivity contribution in [2.75, 3.05) is 13.1 Å². The smallest absolute Gasteiger partial charge is 0.287 e. The summed E-state index contributed by atoms with van der Waals surface area (Å²) in [4.78, 5) is 16.0. The Labute approximate surface area is 197 Å². The Morgan fingerprint density at radius 1 is 1.12 bits per heavy atom. The largest absolute Gasteiger partial charge is 0.451 e. The lowest BCUT2D eigenvalue weighted by molar-refractivity contribution is -0.0276. The van der Waals surface area contributed by atoms with Crippen LogP contribution in [0.1, 0.15) is 45.0 Å². The van der Waals surface area contributed by atoms with Gasteiger partial charge in [0, 0.05) is 29.9 Å². The standard InChI is InChI=1S/C27H28N2O3S/c1-19-4-6-20(7-5-19)18-29-12-10-27(31,11-13-29)22-8-9-24-21(15-22)16-25(32-24)26(30)28-17-23-3-2-14-33-23/h2-9,14-16,31H,10-13,17-18H2,1H3,(H,28,30). The number of fused-ring (bicyclic) bond motifs is 1. The predicted molar refractivity (Wildman–Crippen MR) is 131 cm³/mol. The summed E-state index contributed by atoms with van der Waals surface area (Å²) in [6.07, 6.45) is 1.35. The number of piperidine rings is 1. The Hall–Kier alpha value is -2.93. The molecule has 0 bridgehead atoms. The van der Waals surface area contributed by atoms with Gasteiger partial charge in [-0.05, 0) is 60.5 Å². The fourth-order valence-electron chi connectivity index (χ4n) is 4.43. The van der Waals surface area contributed by atoms with Crippen LogP contribution in [0.5, 0.6) is 0 Å². The Bertz CT molecular complexity index is 1240. The summed E-state index contributed by atoms with van der Waals surface area (Å²) in [7, 11) is 0. The fourth-order valence-corrected chi connectivity index (χ4v) is 5.08. The van der Waals surface area contributed by atoms with Gasteiger partial charge in [-0.3, -0.25) is 9.69 Å². The van der Waals surface area contributed by atoms with Gasteiger partial charge in [0.25, 0.3) is 5.91 Å². The Morgan fingerprint density at radius 2 is 1.91 bits per heavy atom. The molecule has 5 rings (SSSR count). The normalized spacial score (nSPS) is 16.2. The molecule has 5 nitrogen and oxygen atoms in total. The summed E-state index contributed by atoms with van der Waals surface area (Å²) in [6.45, 7) is 5.16. The number of furan rings is 1. The molecule has 1 amide bonds. The highest BCUT2D eigenvalue weighted by Crippen LogP contribution is 2.35. The van der Waals surface area contributed by atoms with E-state index in [2.05, 4.69) is 41.4 Å². The Morgan fingerprint density at radius 3 is 2.64 bits per heavy atom. The number of aryl methyl sites for hydroxylation is 1. The van der Waals surface area contributed by atoms with Crippen LogP contribution in [-0.2, 0) is 18.7 Å². The van der Waals surface area contributed by atoms with Crippen LogP contribution in [0.25, 0.3) is 11.0 Å². The van der Waals surface area contributed by atoms with Crippen molar-refractivity contribution in [3.8, 4) is 0 Å². The molecule has 0 unspecified atom stereocenters. The lowest BCUT2D eigenvalue weighted by Crippen LogP contribution is -2.42. The minimum absolute atomic E-state index is 0.232. The molecule has 3 heterocycles. The summed E-state index contributed by atoms with van der Waals surface area (Å²) >= 11 is 1.61. The van der Waals surface area contributed by atoms with Crippen molar-refractivity contribution in [2.45, 2.75) is 38.5 Å². The van der Waals surface area contributed by atoms with E-state index in [1.165, 1.54) is 11.1 Å². The maximum atomic E-state index is 12.5. The number of hydrogen-bond donors (Lipinski definition) is 2. The van der Waals surface area contributed by atoms with Gasteiger partial charge in [0.05, 0.1) is 12.1 Å². The van der Waals surface area contributed by atoms with Crippen molar-refractivity contribution < 1.29 is 14.3 Å². The van der Waals surface area contributed by atoms with Gasteiger partial charge >= 0.3 is 0 Å². The summed E-state index contributed by atoms with van der Waals surface area (Å²) in [6, 6.07) is 20.1. The summed E-state index contributed by atoms with van der Waals surface area (Å²) in [5.74, 6) is 0.0582. The number of hydrogen-bond acceptors (Lipinski definition) is 5. The van der Waals surface area contributed by atoms with Crippen LogP contribution >= 0.6 is 11.3 Å². The third kappa shape index (κ3) is 4.88. The molecule has 170 valence electrons. The fraction of sp³-hybridized carbons (Fsp3) is 0.296. The highest BCUT2D eigenvalue weighted by molar-refractivity contribution is 7.09. The van der Waals surface area contributed by atoms with Gasteiger partial charge in [0.2, 0.25) is 0 Å². The number of nitrogens with one attached hydrogen (secondary N) is 1. The van der Waals surface area contributed by atoms with E-state index in [1.54, 1.807) is 17.4 Å². The first-order valence-electron chi connectivity index (χ1n) is 11.3. The number of aliphatic hydroxyl groups is 1. The van der Waals surface area contributed by atoms with Gasteiger partial charge in [-0.25, -0.2) is 0 Å². The summed E-state index contributed by atoms with van der Waals surface area (Å²) in [5.41, 5.74) is 3.24. The molecule has 2 N–H and O–H groups in total. The highest BCUT2D eigenvalue weighted by atomic mass is 32.1. The molecule has 2 aromatic heterocycles. The first-order valence-corrected chi connectivity index (χ1v) is 12.2. The number of benzene rings is 2. The van der Waals surface area contributed by atoms with Gasteiger partial charge in [0.15, 0.2) is 5.76 Å². The number of carbonyl (C=O) groups is 1. The zero-order valence-corrected chi connectivity index (χ0v) is 19.5. The molecular weight excluding hydrogens is 432 g/mol. The molecule has 0 saturated carbocycles. The van der Waals surface area contributed by atoms with Crippen LogP contribution in [0.3, 0.4) is 0 Å². The van der Waals surface area contributed by atoms with Crippen molar-refractivity contribution in [1.82, 2.24) is 10.2 Å². The Balaban J connectivity index is 1.24. The van der Waals surface area contributed by atoms with Crippen molar-refractivity contribution in [1.29, 1.82) is 0 Å². The number of carbonyl (C=O) groups excluding carboxylic acids is 1. The number of rotatable bonds is 6. The van der Waals surface area contributed by atoms with Crippen molar-refractivity contribution in [3.05, 3.63) is 93.4 Å². The molecule has 1 aliphatic rings. The van der Waals surface area contributed by atoms with Crippen LogP contribution < -0.4 is 5.32 Å². The molecule has 1 aliphatic heterocycles. The number of likely N-dealkylation sites (tertiary alicyclic amines) is 1. The quantitative estimate of drug-likeness (QED) is 0.414. The van der Waals surface area contributed by atoms with Gasteiger partial charge in [-0.2, -0.15) is 0 Å². The monoisotopic (exact) mass is 460 g/mol. The van der Waals surface area contributed by atoms with Gasteiger partial charge in [-0.15, -0.1) is 11.3 Å². The third-order valence-electron chi connectivity index (χ3n) is 6.49. The van der Waals surface area contributed by atoms with E-state index in [1.807, 2.05) is 35.7 Å². The van der Waals surface area contributed by atoms with E-state index >= 15 is 0 Å². The van der Waals surface area contributed by atoms with E-state index in [0.29, 0.717) is 30.7 Å². The maximum Gasteiger partial charge on any atom is 0.287 e. The first kappa shape index (κ1) is 21.9. The topological polar surface area (TPSA) is 65.7 Å². The average Bonchev–Trinajstić information content (AvgIpc) is 3.50. The van der Waals surface area contributed by atoms with Crippen LogP contribution in [0.15, 0.2) is 70.5 Å². The number of nitrogens with zero attached hydrogens (tertiary/aromatic N) is 1. The Kier molecular flexibility index (Phi) is 6.06. The molecule has 0 aliphatic carbocycles. The zero-order valence-electron chi connectivity index (χ0n) is 18.7.